The lowest BCUT2D eigenvalue weighted by molar-refractivity contribution is -0.441. The van der Waals surface area contributed by atoms with Crippen molar-refractivity contribution in [1.29, 1.82) is 0 Å². The number of benzene rings is 2. The second-order valence-electron chi connectivity index (χ2n) is 7.29. The van der Waals surface area contributed by atoms with Crippen molar-refractivity contribution in [1.82, 2.24) is 0 Å². The molecular formula is C20H25N2O9S3+. The van der Waals surface area contributed by atoms with Crippen LogP contribution in [0.3, 0.4) is 0 Å². The summed E-state index contributed by atoms with van der Waals surface area (Å²) in [6.07, 6.45) is 3.03. The van der Waals surface area contributed by atoms with Gasteiger partial charge >= 0.3 is 0 Å². The fraction of sp³-hybridized carbons (Fsp3) is 0.250. The summed E-state index contributed by atoms with van der Waals surface area (Å²) in [6, 6.07) is 10.7. The Bertz CT molecular complexity index is 1430. The van der Waals surface area contributed by atoms with Crippen molar-refractivity contribution in [3.8, 4) is 0 Å². The van der Waals surface area contributed by atoms with E-state index in [9.17, 15) is 34.4 Å². The largest absolute Gasteiger partial charge is 0.361 e. The van der Waals surface area contributed by atoms with Crippen LogP contribution in [0.2, 0.25) is 0 Å². The minimum atomic E-state index is -4.87. The van der Waals surface area contributed by atoms with Crippen LogP contribution in [0.1, 0.15) is 18.9 Å². The van der Waals surface area contributed by atoms with Gasteiger partial charge in [-0.05, 0) is 25.1 Å². The Balaban J connectivity index is 2.66. The molecule has 0 saturated heterocycles. The Labute approximate surface area is 198 Å². The lowest BCUT2D eigenvalue weighted by Gasteiger charge is -2.12. The highest BCUT2D eigenvalue weighted by atomic mass is 32.2. The van der Waals surface area contributed by atoms with Gasteiger partial charge in [0, 0.05) is 42.9 Å². The number of para-hydroxylation sites is 1. The molecule has 4 N–H and O–H groups in total. The molecule has 0 heterocycles. The van der Waals surface area contributed by atoms with Crippen LogP contribution >= 0.6 is 0 Å². The first-order valence-electron chi connectivity index (χ1n) is 9.73. The second kappa shape index (κ2) is 10.8. The predicted molar refractivity (Wildman–Crippen MR) is 127 cm³/mol. The van der Waals surface area contributed by atoms with Gasteiger partial charge < -0.3 is 5.32 Å². The molecule has 0 aromatic heterocycles. The average Bonchev–Trinajstić information content (AvgIpc) is 2.70. The summed E-state index contributed by atoms with van der Waals surface area (Å²) in [5.74, 6) is -0.606. The first kappa shape index (κ1) is 27.6. The SMILES string of the molecule is CC(/C=C/Nc1ccccc1)=[N+](/CCCS(=O)(=O)O)c1cc(S(=O)(=O)O)cc(S(=O)(=O)O)c1C. The number of anilines is 1. The number of nitrogens with zero attached hydrogens (tertiary/aromatic N) is 1. The molecule has 0 aliphatic carbocycles. The molecule has 0 amide bonds. The van der Waals surface area contributed by atoms with Crippen LogP contribution < -0.4 is 5.32 Å². The zero-order chi connectivity index (χ0) is 25.7. The average molecular weight is 534 g/mol. The first-order chi connectivity index (χ1) is 15.6. The molecule has 0 fully saturated rings. The highest BCUT2D eigenvalue weighted by molar-refractivity contribution is 7.86. The maximum absolute atomic E-state index is 11.9. The van der Waals surface area contributed by atoms with Gasteiger partial charge in [-0.2, -0.15) is 29.8 Å². The Morgan fingerprint density at radius 2 is 1.59 bits per heavy atom. The van der Waals surface area contributed by atoms with Gasteiger partial charge in [-0.1, -0.05) is 18.2 Å². The normalized spacial score (nSPS) is 13.7. The lowest BCUT2D eigenvalue weighted by atomic mass is 10.1. The molecule has 0 bridgehead atoms. The molecule has 0 aliphatic rings. The third-order valence-corrected chi connectivity index (χ3v) is 7.35. The molecule has 186 valence electrons. The van der Waals surface area contributed by atoms with Gasteiger partial charge in [0.1, 0.15) is 16.3 Å². The summed E-state index contributed by atoms with van der Waals surface area (Å²) >= 11 is 0. The maximum Gasteiger partial charge on any atom is 0.295 e. The fourth-order valence-electron chi connectivity index (χ4n) is 3.12. The van der Waals surface area contributed by atoms with E-state index in [0.717, 1.165) is 11.8 Å². The maximum atomic E-state index is 11.9. The molecule has 0 spiro atoms. The molecule has 0 radical (unpaired) electrons. The van der Waals surface area contributed by atoms with E-state index in [1.165, 1.54) is 11.5 Å². The first-order valence-corrected chi connectivity index (χ1v) is 14.2. The third kappa shape index (κ3) is 8.00. The third-order valence-electron chi connectivity index (χ3n) is 4.73. The predicted octanol–water partition coefficient (Wildman–Crippen LogP) is 2.50. The van der Waals surface area contributed by atoms with Gasteiger partial charge in [-0.15, -0.1) is 0 Å². The van der Waals surface area contributed by atoms with Crippen LogP contribution in [-0.4, -0.2) is 61.5 Å². The van der Waals surface area contributed by atoms with Gasteiger partial charge in [0.05, 0.1) is 5.75 Å². The quantitative estimate of drug-likeness (QED) is 0.201. The summed E-state index contributed by atoms with van der Waals surface area (Å²) in [4.78, 5) is -1.52. The second-order valence-corrected chi connectivity index (χ2v) is 11.7. The van der Waals surface area contributed by atoms with Crippen molar-refractivity contribution < 1.29 is 43.5 Å². The standard InChI is InChI=1S/C20H24N2O9S3/c1-15(9-10-21-17-7-4-3-5-8-17)22(11-6-12-32(23,24)25)19-13-18(33(26,27)28)14-20(16(19)2)34(29,30)31/h3-5,7-10,13-14H,6,11-12H2,1-2H3,(H3,23,24,25,26,27,28,29,30,31)/p+1. The van der Waals surface area contributed by atoms with Gasteiger partial charge in [0.15, 0.2) is 5.71 Å². The van der Waals surface area contributed by atoms with Crippen LogP contribution in [0.5, 0.6) is 0 Å². The Hall–Kier alpha value is -2.62. The minimum absolute atomic E-state index is 0.0139. The van der Waals surface area contributed by atoms with Crippen molar-refractivity contribution in [2.75, 3.05) is 17.6 Å². The van der Waals surface area contributed by atoms with Crippen LogP contribution in [0.15, 0.2) is 64.5 Å². The summed E-state index contributed by atoms with van der Waals surface area (Å²) in [5.41, 5.74) is 1.14. The molecule has 0 saturated carbocycles. The van der Waals surface area contributed by atoms with Gasteiger partial charge in [0.25, 0.3) is 30.4 Å². The summed E-state index contributed by atoms with van der Waals surface area (Å²) in [5, 5.41) is 3.01. The fourth-order valence-corrected chi connectivity index (χ4v) is 4.98. The highest BCUT2D eigenvalue weighted by Crippen LogP contribution is 2.30. The number of nitrogens with one attached hydrogen (secondary N) is 1. The van der Waals surface area contributed by atoms with E-state index in [1.807, 2.05) is 30.3 Å². The molecule has 0 atom stereocenters. The number of allylic oxidation sites excluding steroid dienone is 1. The molecular weight excluding hydrogens is 508 g/mol. The summed E-state index contributed by atoms with van der Waals surface area (Å²) in [7, 11) is -14.0. The number of hydrogen-bond donors (Lipinski definition) is 4. The molecule has 0 aliphatic heterocycles. The molecule has 14 heteroatoms. The molecule has 11 nitrogen and oxygen atoms in total. The highest BCUT2D eigenvalue weighted by Gasteiger charge is 2.28. The van der Waals surface area contributed by atoms with Crippen LogP contribution in [0, 0.1) is 6.92 Å². The van der Waals surface area contributed by atoms with Crippen molar-refractivity contribution in [3.05, 3.63) is 60.3 Å². The zero-order valence-electron chi connectivity index (χ0n) is 18.3. The summed E-state index contributed by atoms with van der Waals surface area (Å²) in [6.45, 7) is 2.84. The van der Waals surface area contributed by atoms with E-state index in [-0.39, 0.29) is 24.2 Å². The molecule has 2 rings (SSSR count). The molecule has 2 aromatic rings. The Morgan fingerprint density at radius 1 is 0.971 bits per heavy atom. The van der Waals surface area contributed by atoms with Crippen molar-refractivity contribution in [2.45, 2.75) is 30.1 Å². The molecule has 2 aromatic carbocycles. The van der Waals surface area contributed by atoms with E-state index >= 15 is 0 Å². The molecule has 0 unspecified atom stereocenters. The zero-order valence-corrected chi connectivity index (χ0v) is 20.7. The van der Waals surface area contributed by atoms with Gasteiger partial charge in [-0.3, -0.25) is 13.7 Å². The van der Waals surface area contributed by atoms with Crippen LogP contribution in [-0.2, 0) is 30.4 Å². The minimum Gasteiger partial charge on any atom is -0.361 e. The van der Waals surface area contributed by atoms with Crippen molar-refractivity contribution in [2.24, 2.45) is 0 Å². The lowest BCUT2D eigenvalue weighted by Crippen LogP contribution is -2.20. The number of rotatable bonds is 10. The summed E-state index contributed by atoms with van der Waals surface area (Å²) < 4.78 is 99.2. The number of hydrogen-bond acceptors (Lipinski definition) is 7. The van der Waals surface area contributed by atoms with E-state index in [2.05, 4.69) is 5.32 Å². The van der Waals surface area contributed by atoms with Gasteiger partial charge in [0.2, 0.25) is 5.69 Å². The topological polar surface area (TPSA) is 178 Å². The molecule has 34 heavy (non-hydrogen) atoms. The van der Waals surface area contributed by atoms with Crippen molar-refractivity contribution in [3.63, 3.8) is 0 Å². The van der Waals surface area contributed by atoms with Crippen molar-refractivity contribution >= 4 is 47.4 Å². The van der Waals surface area contributed by atoms with E-state index < -0.39 is 45.9 Å². The van der Waals surface area contributed by atoms with Crippen LogP contribution in [0.25, 0.3) is 0 Å². The van der Waals surface area contributed by atoms with E-state index in [1.54, 1.807) is 19.2 Å². The smallest absolute Gasteiger partial charge is 0.295 e. The Kier molecular flexibility index (Phi) is 8.74. The van der Waals surface area contributed by atoms with E-state index in [4.69, 9.17) is 4.55 Å². The Morgan fingerprint density at radius 3 is 2.12 bits per heavy atom. The van der Waals surface area contributed by atoms with Crippen LogP contribution in [0.4, 0.5) is 11.4 Å². The van der Waals surface area contributed by atoms with Gasteiger partial charge in [-0.25, -0.2) is 0 Å². The van der Waals surface area contributed by atoms with E-state index in [0.29, 0.717) is 11.8 Å². The monoisotopic (exact) mass is 533 g/mol.